The van der Waals surface area contributed by atoms with E-state index in [0.717, 1.165) is 27.6 Å². The first-order chi connectivity index (χ1) is 14.9. The third-order valence-electron chi connectivity index (χ3n) is 6.29. The Bertz CT molecular complexity index is 1620. The normalized spacial score (nSPS) is 12.0. The number of benzene rings is 4. The first-order valence-corrected chi connectivity index (χ1v) is 10.9. The Morgan fingerprint density at radius 2 is 1.29 bits per heavy atom. The van der Waals surface area contributed by atoms with E-state index in [1.807, 2.05) is 18.2 Å². The summed E-state index contributed by atoms with van der Waals surface area (Å²) in [5, 5.41) is 5.43. The first kappa shape index (κ1) is 18.5. The van der Waals surface area contributed by atoms with Crippen molar-refractivity contribution in [2.45, 2.75) is 27.7 Å². The van der Waals surface area contributed by atoms with Gasteiger partial charge in [-0.05, 0) is 63.1 Å². The Morgan fingerprint density at radius 3 is 1.94 bits per heavy atom. The molecule has 6 rings (SSSR count). The Kier molecular flexibility index (Phi) is 3.82. The minimum atomic E-state index is 0.672. The minimum absolute atomic E-state index is 0.672. The molecule has 3 heteroatoms. The number of rotatable bonds is 1. The second-order valence-corrected chi connectivity index (χ2v) is 9.12. The molecule has 152 valence electrons. The number of hydrogen-bond acceptors (Lipinski definition) is 1. The summed E-state index contributed by atoms with van der Waals surface area (Å²) in [6.07, 6.45) is 0. The second-order valence-electron chi connectivity index (χ2n) is 8.69. The van der Waals surface area contributed by atoms with Crippen molar-refractivity contribution in [1.29, 1.82) is 0 Å². The zero-order valence-corrected chi connectivity index (χ0v) is 18.8. The highest BCUT2D eigenvalue weighted by atomic mass is 35.5. The molecule has 0 radical (unpaired) electrons. The van der Waals surface area contributed by atoms with Crippen LogP contribution in [0.25, 0.3) is 49.4 Å². The lowest BCUT2D eigenvalue weighted by molar-refractivity contribution is 0.669. The van der Waals surface area contributed by atoms with Gasteiger partial charge in [0.15, 0.2) is 0 Å². The topological polar surface area (TPSA) is 18.1 Å². The van der Waals surface area contributed by atoms with Crippen LogP contribution in [0.3, 0.4) is 0 Å². The number of nitrogens with zero attached hydrogens (tertiary/aromatic N) is 1. The van der Waals surface area contributed by atoms with Crippen LogP contribution < -0.4 is 0 Å². The van der Waals surface area contributed by atoms with Gasteiger partial charge in [0.1, 0.15) is 11.2 Å². The molecule has 6 aromatic rings. The maximum absolute atomic E-state index is 6.63. The molecule has 0 atom stereocenters. The molecule has 0 aliphatic carbocycles. The van der Waals surface area contributed by atoms with Gasteiger partial charge < -0.3 is 8.98 Å². The Hall–Kier alpha value is -3.23. The summed E-state index contributed by atoms with van der Waals surface area (Å²) in [5.74, 6) is 0. The predicted molar refractivity (Wildman–Crippen MR) is 132 cm³/mol. The second kappa shape index (κ2) is 6.38. The molecule has 0 bridgehead atoms. The van der Waals surface area contributed by atoms with E-state index in [4.69, 9.17) is 16.0 Å². The number of hydrogen-bond donors (Lipinski definition) is 0. The van der Waals surface area contributed by atoms with Gasteiger partial charge in [-0.2, -0.15) is 0 Å². The van der Waals surface area contributed by atoms with Gasteiger partial charge in [0, 0.05) is 27.2 Å². The highest BCUT2D eigenvalue weighted by molar-refractivity contribution is 6.32. The number of fused-ring (bicyclic) bond motifs is 6. The molecule has 2 nitrogen and oxygen atoms in total. The molecule has 2 heterocycles. The monoisotopic (exact) mass is 423 g/mol. The number of para-hydroxylation sites is 1. The molecule has 0 aliphatic heterocycles. The van der Waals surface area contributed by atoms with Gasteiger partial charge in [-0.1, -0.05) is 53.1 Å². The summed E-state index contributed by atoms with van der Waals surface area (Å²) in [5.41, 5.74) is 10.3. The zero-order chi connectivity index (χ0) is 21.4. The van der Waals surface area contributed by atoms with E-state index in [-0.39, 0.29) is 0 Å². The molecular weight excluding hydrogens is 402 g/mol. The quantitative estimate of drug-likeness (QED) is 0.259. The molecule has 4 aromatic carbocycles. The van der Waals surface area contributed by atoms with Crippen molar-refractivity contribution in [3.8, 4) is 5.69 Å². The van der Waals surface area contributed by atoms with Gasteiger partial charge in [0.25, 0.3) is 0 Å². The molecule has 0 fully saturated rings. The molecule has 0 spiro atoms. The molecule has 0 aliphatic rings. The van der Waals surface area contributed by atoms with E-state index < -0.39 is 0 Å². The van der Waals surface area contributed by atoms with Crippen LogP contribution in [0, 0.1) is 27.7 Å². The molecule has 2 aromatic heterocycles. The minimum Gasteiger partial charge on any atom is -0.456 e. The molecule has 0 amide bonds. The summed E-state index contributed by atoms with van der Waals surface area (Å²) in [7, 11) is 0. The van der Waals surface area contributed by atoms with Gasteiger partial charge in [-0.25, -0.2) is 0 Å². The van der Waals surface area contributed by atoms with Crippen LogP contribution in [0.5, 0.6) is 0 Å². The van der Waals surface area contributed by atoms with Crippen LogP contribution in [0.4, 0.5) is 0 Å². The van der Waals surface area contributed by atoms with E-state index in [9.17, 15) is 0 Å². The van der Waals surface area contributed by atoms with Crippen LogP contribution in [-0.2, 0) is 0 Å². The predicted octanol–water partition coefficient (Wildman–Crippen LogP) is 8.57. The van der Waals surface area contributed by atoms with Crippen LogP contribution in [0.15, 0.2) is 65.1 Å². The van der Waals surface area contributed by atoms with Crippen molar-refractivity contribution < 1.29 is 4.42 Å². The van der Waals surface area contributed by atoms with Crippen LogP contribution >= 0.6 is 11.6 Å². The van der Waals surface area contributed by atoms with Crippen molar-refractivity contribution in [2.24, 2.45) is 0 Å². The molecule has 31 heavy (non-hydrogen) atoms. The number of halogens is 1. The van der Waals surface area contributed by atoms with Crippen molar-refractivity contribution in [2.75, 3.05) is 0 Å². The van der Waals surface area contributed by atoms with Crippen LogP contribution in [0.1, 0.15) is 22.3 Å². The van der Waals surface area contributed by atoms with Gasteiger partial charge in [-0.15, -0.1) is 0 Å². The Balaban J connectivity index is 1.92. The average Bonchev–Trinajstić information content (AvgIpc) is 3.23. The van der Waals surface area contributed by atoms with Crippen molar-refractivity contribution in [3.63, 3.8) is 0 Å². The third kappa shape index (κ3) is 2.58. The Labute approximate surface area is 185 Å². The lowest BCUT2D eigenvalue weighted by Gasteiger charge is -2.13. The van der Waals surface area contributed by atoms with E-state index in [2.05, 4.69) is 74.7 Å². The SMILES string of the molecule is Cc1cc(C)c2c(c1)c1cc(C)cc(C)c1n2-c1cc(Cl)cc2oc3ccccc3c12. The molecule has 0 N–H and O–H groups in total. The number of furan rings is 1. The highest BCUT2D eigenvalue weighted by Crippen LogP contribution is 2.42. The molecular formula is C28H22ClNO. The molecule has 0 saturated heterocycles. The Morgan fingerprint density at radius 1 is 0.677 bits per heavy atom. The summed E-state index contributed by atoms with van der Waals surface area (Å²) in [6.45, 7) is 8.73. The smallest absolute Gasteiger partial charge is 0.139 e. The van der Waals surface area contributed by atoms with Crippen molar-refractivity contribution in [1.82, 2.24) is 4.57 Å². The van der Waals surface area contributed by atoms with E-state index in [1.165, 1.54) is 44.1 Å². The summed E-state index contributed by atoms with van der Waals surface area (Å²) in [6, 6.07) is 21.3. The summed E-state index contributed by atoms with van der Waals surface area (Å²) in [4.78, 5) is 0. The van der Waals surface area contributed by atoms with E-state index in [1.54, 1.807) is 0 Å². The van der Waals surface area contributed by atoms with Crippen LogP contribution in [-0.4, -0.2) is 4.57 Å². The van der Waals surface area contributed by atoms with Gasteiger partial charge in [0.2, 0.25) is 0 Å². The largest absolute Gasteiger partial charge is 0.456 e. The molecule has 0 saturated carbocycles. The van der Waals surface area contributed by atoms with E-state index >= 15 is 0 Å². The van der Waals surface area contributed by atoms with E-state index in [0.29, 0.717) is 5.02 Å². The fourth-order valence-corrected chi connectivity index (χ4v) is 5.46. The molecule has 0 unspecified atom stereocenters. The maximum Gasteiger partial charge on any atom is 0.139 e. The lowest BCUT2D eigenvalue weighted by atomic mass is 10.0. The summed E-state index contributed by atoms with van der Waals surface area (Å²) < 4.78 is 8.59. The third-order valence-corrected chi connectivity index (χ3v) is 6.51. The van der Waals surface area contributed by atoms with Crippen LogP contribution in [0.2, 0.25) is 5.02 Å². The first-order valence-electron chi connectivity index (χ1n) is 10.6. The van der Waals surface area contributed by atoms with Crippen molar-refractivity contribution >= 4 is 55.3 Å². The highest BCUT2D eigenvalue weighted by Gasteiger charge is 2.21. The fraction of sp³-hybridized carbons (Fsp3) is 0.143. The standard InChI is InChI=1S/C28H22ClNO/c1-15-9-17(3)27-21(11-15)22-12-16(2)10-18(4)28(22)30(27)23-13-19(29)14-25-26(23)20-7-5-6-8-24(20)31-25/h5-14H,1-4H3. The number of aryl methyl sites for hydroxylation is 4. The zero-order valence-electron chi connectivity index (χ0n) is 18.0. The van der Waals surface area contributed by atoms with Gasteiger partial charge in [0.05, 0.1) is 22.1 Å². The van der Waals surface area contributed by atoms with Gasteiger partial charge >= 0.3 is 0 Å². The number of aromatic nitrogens is 1. The summed E-state index contributed by atoms with van der Waals surface area (Å²) >= 11 is 6.63. The maximum atomic E-state index is 6.63. The van der Waals surface area contributed by atoms with Crippen molar-refractivity contribution in [3.05, 3.63) is 87.9 Å². The lowest BCUT2D eigenvalue weighted by Crippen LogP contribution is -1.98. The average molecular weight is 424 g/mol. The van der Waals surface area contributed by atoms with Gasteiger partial charge in [-0.3, -0.25) is 0 Å². The fourth-order valence-electron chi connectivity index (χ4n) is 5.25.